The fraction of sp³-hybridized carbons (Fsp3) is 0.654. The van der Waals surface area contributed by atoms with E-state index in [2.05, 4.69) is 6.92 Å². The number of ether oxygens (including phenoxy) is 3. The monoisotopic (exact) mass is 472 g/mol. The highest BCUT2D eigenvalue weighted by Gasteiger charge is 2.56. The van der Waals surface area contributed by atoms with Crippen LogP contribution in [0.4, 0.5) is 4.79 Å². The summed E-state index contributed by atoms with van der Waals surface area (Å²) in [7, 11) is 0. The Morgan fingerprint density at radius 3 is 2.41 bits per heavy atom. The van der Waals surface area contributed by atoms with Crippen LogP contribution < -0.4 is 0 Å². The van der Waals surface area contributed by atoms with Crippen molar-refractivity contribution in [2.75, 3.05) is 19.8 Å². The van der Waals surface area contributed by atoms with Crippen LogP contribution in [0.1, 0.15) is 64.4 Å². The van der Waals surface area contributed by atoms with Gasteiger partial charge in [0.15, 0.2) is 5.79 Å². The van der Waals surface area contributed by atoms with Crippen LogP contribution in [0, 0.1) is 5.92 Å². The van der Waals surface area contributed by atoms with Crippen LogP contribution in [0.2, 0.25) is 0 Å². The summed E-state index contributed by atoms with van der Waals surface area (Å²) in [5, 5.41) is 0. The third-order valence-electron chi connectivity index (χ3n) is 7.19. The molecule has 8 nitrogen and oxygen atoms in total. The molecule has 186 valence electrons. The first-order valence-corrected chi connectivity index (χ1v) is 12.6. The van der Waals surface area contributed by atoms with Crippen molar-refractivity contribution in [1.29, 1.82) is 0 Å². The topological polar surface area (TPSA) is 85.4 Å². The van der Waals surface area contributed by atoms with Gasteiger partial charge in [-0.15, -0.1) is 0 Å². The molecule has 1 spiro atoms. The van der Waals surface area contributed by atoms with Gasteiger partial charge in [0.2, 0.25) is 11.8 Å². The number of benzene rings is 1. The maximum atomic E-state index is 13.4. The molecule has 1 aromatic carbocycles. The summed E-state index contributed by atoms with van der Waals surface area (Å²) >= 11 is 0. The highest BCUT2D eigenvalue weighted by Crippen LogP contribution is 2.44. The average Bonchev–Trinajstić information content (AvgIpc) is 2.83. The molecule has 34 heavy (non-hydrogen) atoms. The third kappa shape index (κ3) is 5.13. The second-order valence-corrected chi connectivity index (χ2v) is 9.58. The van der Waals surface area contributed by atoms with E-state index in [0.717, 1.165) is 18.4 Å². The Bertz CT molecular complexity index is 853. The summed E-state index contributed by atoms with van der Waals surface area (Å²) in [6, 6.07) is 9.14. The molecule has 0 bridgehead atoms. The zero-order chi connectivity index (χ0) is 24.1. The van der Waals surface area contributed by atoms with Gasteiger partial charge < -0.3 is 19.1 Å². The van der Waals surface area contributed by atoms with Gasteiger partial charge in [-0.3, -0.25) is 14.5 Å². The zero-order valence-electron chi connectivity index (χ0n) is 20.2. The van der Waals surface area contributed by atoms with Crippen LogP contribution in [0.5, 0.6) is 0 Å². The van der Waals surface area contributed by atoms with E-state index in [9.17, 15) is 14.4 Å². The maximum Gasteiger partial charge on any atom is 0.410 e. The summed E-state index contributed by atoms with van der Waals surface area (Å²) in [6.45, 7) is 5.55. The second kappa shape index (κ2) is 10.9. The summed E-state index contributed by atoms with van der Waals surface area (Å²) in [5.74, 6) is -1.59. The Kier molecular flexibility index (Phi) is 7.88. The molecule has 3 aliphatic heterocycles. The predicted molar refractivity (Wildman–Crippen MR) is 125 cm³/mol. The van der Waals surface area contributed by atoms with E-state index in [1.807, 2.05) is 37.3 Å². The molecule has 0 aromatic heterocycles. The van der Waals surface area contributed by atoms with Crippen LogP contribution >= 0.6 is 0 Å². The number of likely N-dealkylation sites (tertiary alicyclic amines) is 2. The minimum absolute atomic E-state index is 0.158. The van der Waals surface area contributed by atoms with Crippen molar-refractivity contribution in [3.63, 3.8) is 0 Å². The quantitative estimate of drug-likeness (QED) is 0.584. The molecular formula is C26H36N2O6. The van der Waals surface area contributed by atoms with E-state index in [4.69, 9.17) is 14.2 Å². The van der Waals surface area contributed by atoms with Gasteiger partial charge >= 0.3 is 6.09 Å². The summed E-state index contributed by atoms with van der Waals surface area (Å²) in [6.07, 6.45) is 3.72. The fourth-order valence-electron chi connectivity index (χ4n) is 5.60. The van der Waals surface area contributed by atoms with Crippen LogP contribution in [0.25, 0.3) is 0 Å². The number of hydrogen-bond donors (Lipinski definition) is 0. The summed E-state index contributed by atoms with van der Waals surface area (Å²) in [5.41, 5.74) is 0.920. The molecule has 0 radical (unpaired) electrons. The van der Waals surface area contributed by atoms with Crippen LogP contribution in [0.3, 0.4) is 0 Å². The van der Waals surface area contributed by atoms with Gasteiger partial charge in [0.05, 0.1) is 19.1 Å². The third-order valence-corrected chi connectivity index (χ3v) is 7.19. The van der Waals surface area contributed by atoms with E-state index in [1.54, 1.807) is 4.90 Å². The molecule has 3 aliphatic rings. The van der Waals surface area contributed by atoms with Crippen LogP contribution in [0.15, 0.2) is 30.3 Å². The molecule has 3 saturated heterocycles. The average molecular weight is 473 g/mol. The number of piperidine rings is 2. The Balaban J connectivity index is 1.61. The molecular weight excluding hydrogens is 436 g/mol. The van der Waals surface area contributed by atoms with Crippen molar-refractivity contribution in [3.8, 4) is 0 Å². The molecule has 4 rings (SSSR count). The van der Waals surface area contributed by atoms with E-state index >= 15 is 0 Å². The number of hydrogen-bond acceptors (Lipinski definition) is 6. The summed E-state index contributed by atoms with van der Waals surface area (Å²) < 4.78 is 18.3. The molecule has 0 unspecified atom stereocenters. The van der Waals surface area contributed by atoms with Crippen molar-refractivity contribution in [1.82, 2.24) is 9.80 Å². The van der Waals surface area contributed by atoms with Crippen LogP contribution in [-0.2, 0) is 30.4 Å². The van der Waals surface area contributed by atoms with Gasteiger partial charge in [-0.2, -0.15) is 0 Å². The first-order valence-electron chi connectivity index (χ1n) is 12.6. The van der Waals surface area contributed by atoms with Gasteiger partial charge in [-0.1, -0.05) is 43.7 Å². The number of amides is 3. The van der Waals surface area contributed by atoms with Gasteiger partial charge in [0.25, 0.3) is 0 Å². The molecule has 3 atom stereocenters. The first kappa shape index (κ1) is 24.7. The predicted octanol–water partition coefficient (Wildman–Crippen LogP) is 3.87. The zero-order valence-corrected chi connectivity index (χ0v) is 20.2. The van der Waals surface area contributed by atoms with E-state index < -0.39 is 5.79 Å². The van der Waals surface area contributed by atoms with Crippen molar-refractivity contribution in [2.24, 2.45) is 5.92 Å². The fourth-order valence-corrected chi connectivity index (χ4v) is 5.60. The van der Waals surface area contributed by atoms with Crippen LogP contribution in [-0.4, -0.2) is 65.3 Å². The molecule has 3 heterocycles. The Hall–Kier alpha value is -2.45. The van der Waals surface area contributed by atoms with Gasteiger partial charge in [0.1, 0.15) is 6.61 Å². The lowest BCUT2D eigenvalue weighted by molar-refractivity contribution is -0.323. The molecule has 3 amide bonds. The molecule has 0 saturated carbocycles. The van der Waals surface area contributed by atoms with E-state index in [1.165, 1.54) is 4.90 Å². The van der Waals surface area contributed by atoms with Crippen molar-refractivity contribution < 1.29 is 28.6 Å². The van der Waals surface area contributed by atoms with Crippen molar-refractivity contribution in [2.45, 2.75) is 83.3 Å². The van der Waals surface area contributed by atoms with Gasteiger partial charge in [-0.05, 0) is 31.7 Å². The number of rotatable bonds is 6. The first-order chi connectivity index (χ1) is 16.4. The minimum Gasteiger partial charge on any atom is -0.445 e. The standard InChI is InChI=1S/C26H36N2O6/c1-3-9-22-21(17-27-23(29)12-7-13-24(27)30)26(33-14-8-15-34-26)16-19(2)28(22)25(31)32-18-20-10-5-4-6-11-20/h4-6,10-11,19,21-22H,3,7-9,12-18H2,1-2H3/t19-,21+,22+/m1/s1. The van der Waals surface area contributed by atoms with Crippen molar-refractivity contribution in [3.05, 3.63) is 35.9 Å². The Labute approximate surface area is 201 Å². The Morgan fingerprint density at radius 2 is 1.76 bits per heavy atom. The van der Waals surface area contributed by atoms with E-state index in [-0.39, 0.29) is 49.1 Å². The SMILES string of the molecule is CCC[C@H]1[C@H](CN2C(=O)CCCC2=O)C2(C[C@@H](C)N1C(=O)OCc1ccccc1)OCCCO2. The lowest BCUT2D eigenvalue weighted by atomic mass is 9.77. The second-order valence-electron chi connectivity index (χ2n) is 9.58. The largest absolute Gasteiger partial charge is 0.445 e. The smallest absolute Gasteiger partial charge is 0.410 e. The molecule has 3 fully saturated rings. The lowest BCUT2D eigenvalue weighted by Crippen LogP contribution is -2.68. The normalized spacial score (nSPS) is 27.2. The molecule has 1 aromatic rings. The Morgan fingerprint density at radius 1 is 1.09 bits per heavy atom. The van der Waals surface area contributed by atoms with E-state index in [0.29, 0.717) is 45.3 Å². The van der Waals surface area contributed by atoms with Gasteiger partial charge in [-0.25, -0.2) is 4.79 Å². The van der Waals surface area contributed by atoms with Crippen molar-refractivity contribution >= 4 is 17.9 Å². The highest BCUT2D eigenvalue weighted by molar-refractivity contribution is 5.97. The van der Waals surface area contributed by atoms with Gasteiger partial charge in [0, 0.05) is 37.9 Å². The summed E-state index contributed by atoms with van der Waals surface area (Å²) in [4.78, 5) is 41.9. The molecule has 8 heteroatoms. The minimum atomic E-state index is -0.925. The number of nitrogens with zero attached hydrogens (tertiary/aromatic N) is 2. The molecule has 0 N–H and O–H groups in total. The lowest BCUT2D eigenvalue weighted by Gasteiger charge is -2.55. The number of carbonyl (C=O) groups is 3. The molecule has 0 aliphatic carbocycles. The number of imide groups is 1. The number of carbonyl (C=O) groups excluding carboxylic acids is 3. The maximum absolute atomic E-state index is 13.4. The highest BCUT2D eigenvalue weighted by atomic mass is 16.7.